The molecular weight excluding hydrogens is 741 g/mol. The first kappa shape index (κ1) is 41.3. The van der Waals surface area contributed by atoms with E-state index >= 15 is 0 Å². The van der Waals surface area contributed by atoms with E-state index < -0.39 is 22.4 Å². The summed E-state index contributed by atoms with van der Waals surface area (Å²) in [6.45, 7) is 0. The number of hydrogen-bond acceptors (Lipinski definition) is 18. The minimum atomic E-state index is -1.16. The van der Waals surface area contributed by atoms with E-state index in [9.17, 15) is 18.7 Å². The number of rotatable bonds is 26. The second kappa shape index (κ2) is 33.2. The van der Waals surface area contributed by atoms with E-state index in [1.165, 1.54) is 46.4 Å². The lowest BCUT2D eigenvalue weighted by atomic mass is 11.2. The van der Waals surface area contributed by atoms with Crippen molar-refractivity contribution in [2.75, 3.05) is 71.0 Å². The molecule has 228 valence electrons. The van der Waals surface area contributed by atoms with Crippen LogP contribution in [0.2, 0.25) is 0 Å². The Hall–Kier alpha value is 2.32. The third-order valence-corrected chi connectivity index (χ3v) is 15.8. The highest BCUT2D eigenvalue weighted by molar-refractivity contribution is 8.29. The molecule has 0 aromatic carbocycles. The summed E-state index contributed by atoms with van der Waals surface area (Å²) in [5.41, 5.74) is 2.87. The van der Waals surface area contributed by atoms with E-state index in [0.29, 0.717) is 43.8 Å². The number of aliphatic hydroxyl groups excluding tert-OH is 2. The van der Waals surface area contributed by atoms with Gasteiger partial charge in [-0.15, -0.1) is 70.6 Å². The van der Waals surface area contributed by atoms with Crippen molar-refractivity contribution in [1.82, 2.24) is 10.6 Å². The van der Waals surface area contributed by atoms with Gasteiger partial charge in [0.15, 0.2) is 10.2 Å². The number of thioether (sulfide) groups is 10. The normalized spacial score (nSPS) is 13.2. The molecule has 0 aliphatic heterocycles. The largest absolute Gasteiger partial charge is 0.610 e. The molecule has 0 heterocycles. The first-order chi connectivity index (χ1) is 19.0. The lowest BCUT2D eigenvalue weighted by Crippen LogP contribution is -2.17. The van der Waals surface area contributed by atoms with Crippen molar-refractivity contribution in [3.63, 3.8) is 0 Å². The molecule has 39 heavy (non-hydrogen) atoms. The summed E-state index contributed by atoms with van der Waals surface area (Å²) in [7, 11) is 0. The van der Waals surface area contributed by atoms with Gasteiger partial charge in [0, 0.05) is 42.7 Å². The van der Waals surface area contributed by atoms with Crippen LogP contribution in [0.25, 0.3) is 0 Å². The van der Waals surface area contributed by atoms with Gasteiger partial charge in [0.05, 0.1) is 40.5 Å². The molecule has 0 radical (unpaired) electrons. The molecule has 0 rings (SSSR count). The van der Waals surface area contributed by atoms with Crippen LogP contribution in [0.1, 0.15) is 0 Å². The summed E-state index contributed by atoms with van der Waals surface area (Å²) >= 11 is 11.9. The van der Waals surface area contributed by atoms with Crippen LogP contribution >= 0.6 is 118 Å². The monoisotopic (exact) mass is 772 g/mol. The minimum absolute atomic E-state index is 0.00848. The van der Waals surface area contributed by atoms with Crippen molar-refractivity contribution in [3.05, 3.63) is 0 Å². The van der Waals surface area contributed by atoms with Gasteiger partial charge in [-0.25, -0.2) is 9.98 Å². The van der Waals surface area contributed by atoms with E-state index in [-0.39, 0.29) is 22.4 Å². The molecule has 0 spiro atoms. The number of aliphatic imine (C=N–C) groups is 2. The fourth-order valence-electron chi connectivity index (χ4n) is 1.55. The molecule has 22 heteroatoms. The van der Waals surface area contributed by atoms with Gasteiger partial charge in [0.25, 0.3) is 10.5 Å². The Labute approximate surface area is 279 Å². The van der Waals surface area contributed by atoms with Crippen LogP contribution in [-0.4, -0.2) is 112 Å². The Bertz CT molecular complexity index is 661. The molecular formula is C17H32N4O6S12. The summed E-state index contributed by atoms with van der Waals surface area (Å²) < 4.78 is 23.4. The van der Waals surface area contributed by atoms with Crippen molar-refractivity contribution in [2.45, 2.75) is 0 Å². The zero-order valence-corrected chi connectivity index (χ0v) is 30.5. The molecule has 0 saturated heterocycles. The summed E-state index contributed by atoms with van der Waals surface area (Å²) in [6, 6.07) is 0. The lowest BCUT2D eigenvalue weighted by molar-refractivity contribution is 0.261. The number of hydrogen-bond donors (Lipinski definition) is 4. The Morgan fingerprint density at radius 2 is 1.10 bits per heavy atom. The molecule has 0 aromatic heterocycles. The molecule has 0 aromatic rings. The maximum Gasteiger partial charge on any atom is 0.280 e. The topological polar surface area (TPSA) is 169 Å². The molecule has 2 amide bonds. The van der Waals surface area contributed by atoms with Gasteiger partial charge in [-0.05, 0) is 0 Å². The quantitative estimate of drug-likeness (QED) is 0.0313. The van der Waals surface area contributed by atoms with Crippen LogP contribution in [-0.2, 0) is 22.4 Å². The average molecular weight is 773 g/mol. The highest BCUT2D eigenvalue weighted by Crippen LogP contribution is 2.20. The van der Waals surface area contributed by atoms with Crippen LogP contribution in [0.4, 0.5) is 9.59 Å². The number of nitrogens with zero attached hydrogens (tertiary/aromatic N) is 2. The second-order valence-corrected chi connectivity index (χ2v) is 20.6. The summed E-state index contributed by atoms with van der Waals surface area (Å²) in [5.74, 6) is 2.00. The van der Waals surface area contributed by atoms with Gasteiger partial charge in [-0.1, -0.05) is 47.0 Å². The Morgan fingerprint density at radius 1 is 0.641 bits per heavy atom. The molecule has 10 nitrogen and oxygen atoms in total. The van der Waals surface area contributed by atoms with E-state index in [1.807, 2.05) is 0 Å². The zero-order valence-electron chi connectivity index (χ0n) is 20.7. The average Bonchev–Trinajstić information content (AvgIpc) is 2.92. The summed E-state index contributed by atoms with van der Waals surface area (Å²) in [5, 5.41) is 26.9. The number of carbonyl (C=O) groups excluding carboxylic acids is 2. The SMILES string of the molecule is O=C(NCSCSC/N=C/[S+]([O-])CSCSCSC(=O)NCSCSC/N=C\[S+]([O-])CSCO)SCSCO. The van der Waals surface area contributed by atoms with Gasteiger partial charge >= 0.3 is 0 Å². The van der Waals surface area contributed by atoms with Crippen LogP contribution < -0.4 is 10.6 Å². The van der Waals surface area contributed by atoms with E-state index in [1.54, 1.807) is 70.6 Å². The molecule has 0 fully saturated rings. The molecule has 0 saturated carbocycles. The number of nitrogens with one attached hydrogen (secondary N) is 2. The van der Waals surface area contributed by atoms with E-state index in [4.69, 9.17) is 10.2 Å². The highest BCUT2D eigenvalue weighted by atomic mass is 32.3. The van der Waals surface area contributed by atoms with Gasteiger partial charge < -0.3 is 30.0 Å². The fraction of sp³-hybridized carbons (Fsp3) is 0.765. The molecule has 0 bridgehead atoms. The van der Waals surface area contributed by atoms with Gasteiger partial charge in [-0.2, -0.15) is 0 Å². The van der Waals surface area contributed by atoms with Crippen molar-refractivity contribution < 1.29 is 28.9 Å². The van der Waals surface area contributed by atoms with Crippen LogP contribution in [0.5, 0.6) is 0 Å². The summed E-state index contributed by atoms with van der Waals surface area (Å²) in [6.07, 6.45) is 0. The Morgan fingerprint density at radius 3 is 1.62 bits per heavy atom. The smallest absolute Gasteiger partial charge is 0.280 e. The second-order valence-electron chi connectivity index (χ2n) is 5.82. The highest BCUT2D eigenvalue weighted by Gasteiger charge is 2.05. The number of carbonyl (C=O) groups is 2. The molecule has 2 unspecified atom stereocenters. The molecule has 0 aliphatic rings. The van der Waals surface area contributed by atoms with Crippen LogP contribution in [0, 0.1) is 0 Å². The lowest BCUT2D eigenvalue weighted by Gasteiger charge is -2.06. The van der Waals surface area contributed by atoms with Crippen LogP contribution in [0.15, 0.2) is 9.98 Å². The van der Waals surface area contributed by atoms with Crippen molar-refractivity contribution in [1.29, 1.82) is 0 Å². The molecule has 4 N–H and O–H groups in total. The molecule has 2 atom stereocenters. The van der Waals surface area contributed by atoms with Crippen molar-refractivity contribution in [2.24, 2.45) is 9.98 Å². The standard InChI is InChI=1S/C17H32N4O6S12/c22-7-32-12-36-16(24)20-3-30-10-29-2-19-6-39(27)15-35-11-34-13-37-17(25)21-4-31-9-28-1-18-5-38(26)14-33-8-23/h5-6,22-23H,1-4,7-15H2,(H,20,24)(H,21,25)/b18-5-,19-6+. The predicted octanol–water partition coefficient (Wildman–Crippen LogP) is 4.72. The number of amides is 2. The third-order valence-electron chi connectivity index (χ3n) is 2.98. The first-order valence-electron chi connectivity index (χ1n) is 10.4. The molecule has 0 aliphatic carbocycles. The Balaban J connectivity index is 3.46. The van der Waals surface area contributed by atoms with Crippen molar-refractivity contribution >= 4 is 162 Å². The maximum absolute atomic E-state index is 11.9. The fourth-order valence-corrected chi connectivity index (χ4v) is 11.9. The zero-order chi connectivity index (χ0) is 28.8. The van der Waals surface area contributed by atoms with Gasteiger partial charge in [0.2, 0.25) is 11.1 Å². The van der Waals surface area contributed by atoms with Gasteiger partial charge in [-0.3, -0.25) is 9.59 Å². The third kappa shape index (κ3) is 33.1. The first-order valence-corrected chi connectivity index (χ1v) is 24.4. The van der Waals surface area contributed by atoms with Crippen molar-refractivity contribution in [3.8, 4) is 0 Å². The summed E-state index contributed by atoms with van der Waals surface area (Å²) in [4.78, 5) is 31.5. The van der Waals surface area contributed by atoms with E-state index in [2.05, 4.69) is 20.6 Å². The number of aliphatic hydroxyl groups is 2. The maximum atomic E-state index is 11.9. The minimum Gasteiger partial charge on any atom is -0.610 e. The van der Waals surface area contributed by atoms with Gasteiger partial charge in [0.1, 0.15) is 0 Å². The Kier molecular flexibility index (Phi) is 35.2. The van der Waals surface area contributed by atoms with Crippen LogP contribution in [0.3, 0.4) is 0 Å². The predicted molar refractivity (Wildman–Crippen MR) is 194 cm³/mol. The van der Waals surface area contributed by atoms with E-state index in [0.717, 1.165) is 27.0 Å².